The summed E-state index contributed by atoms with van der Waals surface area (Å²) in [6.45, 7) is 2.28. The number of amides is 1. The maximum Gasteiger partial charge on any atom is 0.256 e. The molecule has 1 heterocycles. The van der Waals surface area contributed by atoms with Crippen molar-refractivity contribution in [3.8, 4) is 5.75 Å². The van der Waals surface area contributed by atoms with Gasteiger partial charge >= 0.3 is 0 Å². The van der Waals surface area contributed by atoms with E-state index in [4.69, 9.17) is 16.3 Å². The summed E-state index contributed by atoms with van der Waals surface area (Å²) in [5.41, 5.74) is 0.332. The summed E-state index contributed by atoms with van der Waals surface area (Å²) < 4.78 is 6.13. The monoisotopic (exact) mass is 370 g/mol. The molecule has 0 aliphatic carbocycles. The molecule has 0 saturated heterocycles. The lowest BCUT2D eigenvalue weighted by atomic mass is 10.2. The van der Waals surface area contributed by atoms with Crippen LogP contribution in [0.15, 0.2) is 39.7 Å². The first kappa shape index (κ1) is 15.6. The Morgan fingerprint density at radius 3 is 2.86 bits per heavy atom. The van der Waals surface area contributed by atoms with E-state index in [0.717, 1.165) is 0 Å². The number of nitrogens with one attached hydrogen (secondary N) is 2. The zero-order valence-electron chi connectivity index (χ0n) is 11.1. The SMILES string of the molecule is CCOc1c(Br)cc(Cl)cc1NC(=O)c1cc[nH]c(=O)c1. The van der Waals surface area contributed by atoms with Crippen molar-refractivity contribution in [1.82, 2.24) is 4.98 Å². The number of aromatic nitrogens is 1. The third-order valence-electron chi connectivity index (χ3n) is 2.58. The first-order valence-corrected chi connectivity index (χ1v) is 7.30. The standard InChI is InChI=1S/C14H12BrClN2O3/c1-2-21-13-10(15)6-9(16)7-11(13)18-14(20)8-3-4-17-12(19)5-8/h3-7H,2H2,1H3,(H,17,19)(H,18,20). The van der Waals surface area contributed by atoms with Gasteiger partial charge in [-0.05, 0) is 41.1 Å². The van der Waals surface area contributed by atoms with E-state index in [1.54, 1.807) is 12.1 Å². The van der Waals surface area contributed by atoms with Gasteiger partial charge in [-0.1, -0.05) is 11.6 Å². The van der Waals surface area contributed by atoms with Gasteiger partial charge < -0.3 is 15.0 Å². The van der Waals surface area contributed by atoms with Crippen LogP contribution in [-0.4, -0.2) is 17.5 Å². The number of benzene rings is 1. The second-order valence-corrected chi connectivity index (χ2v) is 5.38. The molecule has 5 nitrogen and oxygen atoms in total. The van der Waals surface area contributed by atoms with E-state index in [1.165, 1.54) is 18.3 Å². The van der Waals surface area contributed by atoms with Gasteiger partial charge in [0.1, 0.15) is 0 Å². The molecule has 1 aromatic carbocycles. The molecule has 2 N–H and O–H groups in total. The van der Waals surface area contributed by atoms with Crippen LogP contribution in [-0.2, 0) is 0 Å². The lowest BCUT2D eigenvalue weighted by Gasteiger charge is -2.13. The fourth-order valence-electron chi connectivity index (χ4n) is 1.72. The Kier molecular flexibility index (Phi) is 5.03. The van der Waals surface area contributed by atoms with Crippen molar-refractivity contribution in [3.63, 3.8) is 0 Å². The number of carbonyl (C=O) groups excluding carboxylic acids is 1. The summed E-state index contributed by atoms with van der Waals surface area (Å²) in [7, 11) is 0. The lowest BCUT2D eigenvalue weighted by Crippen LogP contribution is -2.16. The Balaban J connectivity index is 2.34. The Labute approximate surface area is 134 Å². The van der Waals surface area contributed by atoms with Crippen molar-refractivity contribution in [1.29, 1.82) is 0 Å². The molecule has 0 aliphatic rings. The van der Waals surface area contributed by atoms with Gasteiger partial charge in [0.15, 0.2) is 5.75 Å². The Bertz CT molecular complexity index is 730. The van der Waals surface area contributed by atoms with Gasteiger partial charge in [0.25, 0.3) is 5.91 Å². The van der Waals surface area contributed by atoms with Gasteiger partial charge in [-0.3, -0.25) is 9.59 Å². The Hall–Kier alpha value is -1.79. The van der Waals surface area contributed by atoms with E-state index in [1.807, 2.05) is 6.92 Å². The summed E-state index contributed by atoms with van der Waals surface area (Å²) in [6.07, 6.45) is 1.41. The molecule has 0 spiro atoms. The number of pyridine rings is 1. The van der Waals surface area contributed by atoms with Crippen LogP contribution >= 0.6 is 27.5 Å². The number of aromatic amines is 1. The van der Waals surface area contributed by atoms with Crippen LogP contribution in [0.25, 0.3) is 0 Å². The van der Waals surface area contributed by atoms with E-state index in [0.29, 0.717) is 27.5 Å². The molecule has 0 unspecified atom stereocenters. The highest BCUT2D eigenvalue weighted by molar-refractivity contribution is 9.10. The van der Waals surface area contributed by atoms with Crippen LogP contribution in [0.3, 0.4) is 0 Å². The molecule has 0 aliphatic heterocycles. The van der Waals surface area contributed by atoms with Crippen molar-refractivity contribution in [2.24, 2.45) is 0 Å². The topological polar surface area (TPSA) is 71.2 Å². The van der Waals surface area contributed by atoms with Crippen LogP contribution in [0.4, 0.5) is 5.69 Å². The summed E-state index contributed by atoms with van der Waals surface area (Å²) in [6, 6.07) is 5.99. The van der Waals surface area contributed by atoms with Gasteiger partial charge in [0.05, 0.1) is 16.8 Å². The molecule has 0 saturated carbocycles. The summed E-state index contributed by atoms with van der Waals surface area (Å²) >= 11 is 9.33. The number of hydrogen-bond acceptors (Lipinski definition) is 3. The average Bonchev–Trinajstić information content (AvgIpc) is 2.42. The second kappa shape index (κ2) is 6.78. The highest BCUT2D eigenvalue weighted by Gasteiger charge is 2.14. The van der Waals surface area contributed by atoms with Gasteiger partial charge in [0, 0.05) is 22.8 Å². The van der Waals surface area contributed by atoms with Gasteiger partial charge in [0.2, 0.25) is 5.56 Å². The molecule has 0 bridgehead atoms. The first-order valence-electron chi connectivity index (χ1n) is 6.13. The molecule has 1 amide bonds. The minimum Gasteiger partial charge on any atom is -0.491 e. The number of carbonyl (C=O) groups is 1. The number of H-pyrrole nitrogens is 1. The quantitative estimate of drug-likeness (QED) is 0.865. The highest BCUT2D eigenvalue weighted by atomic mass is 79.9. The van der Waals surface area contributed by atoms with Crippen LogP contribution in [0.5, 0.6) is 5.75 Å². The molecule has 21 heavy (non-hydrogen) atoms. The van der Waals surface area contributed by atoms with Crippen LogP contribution in [0.1, 0.15) is 17.3 Å². The predicted octanol–water partition coefficient (Wildman–Crippen LogP) is 3.44. The first-order chi connectivity index (χ1) is 10.0. The summed E-state index contributed by atoms with van der Waals surface area (Å²) in [5.74, 6) is 0.0660. The van der Waals surface area contributed by atoms with E-state index >= 15 is 0 Å². The predicted molar refractivity (Wildman–Crippen MR) is 85.3 cm³/mol. The average molecular weight is 372 g/mol. The van der Waals surface area contributed by atoms with Gasteiger partial charge in [-0.15, -0.1) is 0 Å². The summed E-state index contributed by atoms with van der Waals surface area (Å²) in [4.78, 5) is 25.9. The maximum absolute atomic E-state index is 12.2. The molecular formula is C14H12BrClN2O3. The van der Waals surface area contributed by atoms with Crippen molar-refractivity contribution >= 4 is 39.1 Å². The second-order valence-electron chi connectivity index (χ2n) is 4.09. The van der Waals surface area contributed by atoms with Crippen molar-refractivity contribution in [2.45, 2.75) is 6.92 Å². The van der Waals surface area contributed by atoms with E-state index < -0.39 is 5.91 Å². The van der Waals surface area contributed by atoms with Crippen molar-refractivity contribution in [2.75, 3.05) is 11.9 Å². The molecular weight excluding hydrogens is 360 g/mol. The number of ether oxygens (including phenoxy) is 1. The van der Waals surface area contributed by atoms with Crippen LogP contribution in [0, 0.1) is 0 Å². The molecule has 0 atom stereocenters. The zero-order chi connectivity index (χ0) is 15.4. The molecule has 110 valence electrons. The van der Waals surface area contributed by atoms with E-state index in [9.17, 15) is 9.59 Å². The lowest BCUT2D eigenvalue weighted by molar-refractivity contribution is 0.102. The Morgan fingerprint density at radius 2 is 2.19 bits per heavy atom. The van der Waals surface area contributed by atoms with Crippen molar-refractivity contribution in [3.05, 3.63) is 55.9 Å². The van der Waals surface area contributed by atoms with E-state index in [2.05, 4.69) is 26.2 Å². The minimum absolute atomic E-state index is 0.247. The molecule has 7 heteroatoms. The third-order valence-corrected chi connectivity index (χ3v) is 3.39. The Morgan fingerprint density at radius 1 is 1.43 bits per heavy atom. The van der Waals surface area contributed by atoms with Crippen molar-refractivity contribution < 1.29 is 9.53 Å². The fourth-order valence-corrected chi connectivity index (χ4v) is 2.65. The van der Waals surface area contributed by atoms with E-state index in [-0.39, 0.29) is 11.1 Å². The molecule has 0 radical (unpaired) electrons. The highest BCUT2D eigenvalue weighted by Crippen LogP contribution is 2.36. The molecule has 0 fully saturated rings. The fraction of sp³-hybridized carbons (Fsp3) is 0.143. The van der Waals surface area contributed by atoms with Crippen LogP contribution in [0.2, 0.25) is 5.02 Å². The van der Waals surface area contributed by atoms with Gasteiger partial charge in [-0.25, -0.2) is 0 Å². The normalized spacial score (nSPS) is 10.2. The molecule has 1 aromatic heterocycles. The minimum atomic E-state index is -0.420. The number of halogens is 2. The molecule has 2 rings (SSSR count). The molecule has 2 aromatic rings. The van der Waals surface area contributed by atoms with Crippen LogP contribution < -0.4 is 15.6 Å². The largest absolute Gasteiger partial charge is 0.491 e. The number of anilines is 1. The smallest absolute Gasteiger partial charge is 0.256 e. The number of hydrogen-bond donors (Lipinski definition) is 2. The zero-order valence-corrected chi connectivity index (χ0v) is 13.4. The third kappa shape index (κ3) is 3.86. The maximum atomic E-state index is 12.2. The number of rotatable bonds is 4. The summed E-state index contributed by atoms with van der Waals surface area (Å²) in [5, 5.41) is 3.14. The van der Waals surface area contributed by atoms with Gasteiger partial charge in [-0.2, -0.15) is 0 Å².